The Morgan fingerprint density at radius 1 is 1.32 bits per heavy atom. The molecular weight excluding hydrogens is 264 g/mol. The van der Waals surface area contributed by atoms with Crippen LogP contribution in [0.1, 0.15) is 25.7 Å². The van der Waals surface area contributed by atoms with Crippen molar-refractivity contribution in [1.82, 2.24) is 19.4 Å². The highest BCUT2D eigenvalue weighted by atomic mass is 32.2. The highest BCUT2D eigenvalue weighted by Crippen LogP contribution is 2.19. The van der Waals surface area contributed by atoms with Gasteiger partial charge >= 0.3 is 0 Å². The lowest BCUT2D eigenvalue weighted by Crippen LogP contribution is -2.35. The SMILES string of the molecule is CNCCCn1cc(S(=O)(=O)N2CCCCC2)cn1. The summed E-state index contributed by atoms with van der Waals surface area (Å²) in [5.41, 5.74) is 0. The minimum atomic E-state index is -3.34. The second-order valence-electron chi connectivity index (χ2n) is 4.86. The van der Waals surface area contributed by atoms with Crippen molar-refractivity contribution in [2.45, 2.75) is 37.1 Å². The molecule has 0 atom stereocenters. The summed E-state index contributed by atoms with van der Waals surface area (Å²) in [5.74, 6) is 0. The van der Waals surface area contributed by atoms with Crippen molar-refractivity contribution in [3.05, 3.63) is 12.4 Å². The van der Waals surface area contributed by atoms with E-state index in [0.717, 1.165) is 38.8 Å². The summed E-state index contributed by atoms with van der Waals surface area (Å²) in [7, 11) is -1.44. The lowest BCUT2D eigenvalue weighted by molar-refractivity contribution is 0.346. The smallest absolute Gasteiger partial charge is 0.246 e. The van der Waals surface area contributed by atoms with Crippen LogP contribution in [0.4, 0.5) is 0 Å². The summed E-state index contributed by atoms with van der Waals surface area (Å²) in [6.45, 7) is 2.89. The van der Waals surface area contributed by atoms with Crippen molar-refractivity contribution >= 4 is 10.0 Å². The van der Waals surface area contributed by atoms with Crippen LogP contribution < -0.4 is 5.32 Å². The lowest BCUT2D eigenvalue weighted by atomic mass is 10.2. The van der Waals surface area contributed by atoms with Gasteiger partial charge in [0.1, 0.15) is 4.90 Å². The van der Waals surface area contributed by atoms with E-state index in [1.165, 1.54) is 6.20 Å². The van der Waals surface area contributed by atoms with E-state index in [1.54, 1.807) is 15.2 Å². The highest BCUT2D eigenvalue weighted by Gasteiger charge is 2.26. The Kier molecular flexibility index (Phi) is 4.95. The average molecular weight is 286 g/mol. The molecule has 0 amide bonds. The van der Waals surface area contributed by atoms with Crippen LogP contribution in [0.15, 0.2) is 17.3 Å². The molecule has 1 aliphatic rings. The molecule has 0 aliphatic carbocycles. The van der Waals surface area contributed by atoms with Gasteiger partial charge in [-0.15, -0.1) is 0 Å². The molecule has 108 valence electrons. The molecule has 1 N–H and O–H groups in total. The minimum Gasteiger partial charge on any atom is -0.320 e. The average Bonchev–Trinajstić information content (AvgIpc) is 2.90. The zero-order valence-electron chi connectivity index (χ0n) is 11.4. The topological polar surface area (TPSA) is 67.2 Å². The molecule has 1 fully saturated rings. The zero-order valence-corrected chi connectivity index (χ0v) is 12.2. The Morgan fingerprint density at radius 3 is 2.74 bits per heavy atom. The number of nitrogens with one attached hydrogen (secondary N) is 1. The molecule has 0 aromatic carbocycles. The van der Waals surface area contributed by atoms with E-state index >= 15 is 0 Å². The number of piperidine rings is 1. The van der Waals surface area contributed by atoms with Gasteiger partial charge in [-0.05, 0) is 32.9 Å². The van der Waals surface area contributed by atoms with Gasteiger partial charge in [0.05, 0.1) is 6.20 Å². The number of sulfonamides is 1. The first-order chi connectivity index (χ1) is 9.14. The number of hydrogen-bond acceptors (Lipinski definition) is 4. The van der Waals surface area contributed by atoms with E-state index in [4.69, 9.17) is 0 Å². The highest BCUT2D eigenvalue weighted by molar-refractivity contribution is 7.89. The predicted octanol–water partition coefficient (Wildman–Crippen LogP) is 0.667. The number of nitrogens with zero attached hydrogens (tertiary/aromatic N) is 3. The van der Waals surface area contributed by atoms with Crippen molar-refractivity contribution < 1.29 is 8.42 Å². The van der Waals surface area contributed by atoms with E-state index in [9.17, 15) is 8.42 Å². The van der Waals surface area contributed by atoms with Crippen LogP contribution >= 0.6 is 0 Å². The normalized spacial score (nSPS) is 17.7. The first-order valence-electron chi connectivity index (χ1n) is 6.82. The molecule has 7 heteroatoms. The molecule has 0 radical (unpaired) electrons. The molecule has 1 saturated heterocycles. The second-order valence-corrected chi connectivity index (χ2v) is 6.80. The van der Waals surface area contributed by atoms with Crippen molar-refractivity contribution in [2.24, 2.45) is 0 Å². The van der Waals surface area contributed by atoms with Gasteiger partial charge in [-0.2, -0.15) is 9.40 Å². The predicted molar refractivity (Wildman–Crippen MR) is 73.4 cm³/mol. The van der Waals surface area contributed by atoms with E-state index in [0.29, 0.717) is 18.0 Å². The van der Waals surface area contributed by atoms with Crippen molar-refractivity contribution in [3.8, 4) is 0 Å². The maximum Gasteiger partial charge on any atom is 0.246 e. The van der Waals surface area contributed by atoms with Gasteiger partial charge in [-0.1, -0.05) is 6.42 Å². The molecule has 19 heavy (non-hydrogen) atoms. The van der Waals surface area contributed by atoms with Crippen LogP contribution in [0.5, 0.6) is 0 Å². The molecule has 6 nitrogen and oxygen atoms in total. The summed E-state index contributed by atoms with van der Waals surface area (Å²) >= 11 is 0. The summed E-state index contributed by atoms with van der Waals surface area (Å²) in [6, 6.07) is 0. The van der Waals surface area contributed by atoms with E-state index in [1.807, 2.05) is 7.05 Å². The monoisotopic (exact) mass is 286 g/mol. The molecule has 1 aromatic heterocycles. The first kappa shape index (κ1) is 14.5. The van der Waals surface area contributed by atoms with Gasteiger partial charge in [-0.3, -0.25) is 4.68 Å². The second kappa shape index (κ2) is 6.49. The van der Waals surface area contributed by atoms with Gasteiger partial charge in [0.15, 0.2) is 0 Å². The van der Waals surface area contributed by atoms with E-state index in [-0.39, 0.29) is 0 Å². The largest absolute Gasteiger partial charge is 0.320 e. The Bertz CT molecular complexity index is 492. The van der Waals surface area contributed by atoms with Gasteiger partial charge in [0, 0.05) is 25.8 Å². The summed E-state index contributed by atoms with van der Waals surface area (Å²) in [5, 5.41) is 7.19. The first-order valence-corrected chi connectivity index (χ1v) is 8.26. The molecule has 0 saturated carbocycles. The van der Waals surface area contributed by atoms with Gasteiger partial charge < -0.3 is 5.32 Å². The fraction of sp³-hybridized carbons (Fsp3) is 0.750. The van der Waals surface area contributed by atoms with Gasteiger partial charge in [0.25, 0.3) is 0 Å². The molecule has 1 aliphatic heterocycles. The zero-order chi connectivity index (χ0) is 13.7. The van der Waals surface area contributed by atoms with E-state index < -0.39 is 10.0 Å². The van der Waals surface area contributed by atoms with Crippen LogP contribution in [0.3, 0.4) is 0 Å². The Morgan fingerprint density at radius 2 is 2.05 bits per heavy atom. The minimum absolute atomic E-state index is 0.318. The third-order valence-corrected chi connectivity index (χ3v) is 5.23. The third-order valence-electron chi connectivity index (χ3n) is 3.38. The number of hydrogen-bond donors (Lipinski definition) is 1. The summed E-state index contributed by atoms with van der Waals surface area (Å²) < 4.78 is 28.1. The fourth-order valence-electron chi connectivity index (χ4n) is 2.27. The van der Waals surface area contributed by atoms with Crippen LogP contribution in [-0.2, 0) is 16.6 Å². The lowest BCUT2D eigenvalue weighted by Gasteiger charge is -2.25. The number of rotatable bonds is 6. The standard InChI is InChI=1S/C12H22N4O2S/c1-13-6-5-7-15-11-12(10-14-15)19(17,18)16-8-3-2-4-9-16/h10-11,13H,2-9H2,1H3. The molecule has 0 unspecified atom stereocenters. The van der Waals surface area contributed by atoms with Crippen molar-refractivity contribution in [3.63, 3.8) is 0 Å². The van der Waals surface area contributed by atoms with Crippen molar-refractivity contribution in [1.29, 1.82) is 0 Å². The summed E-state index contributed by atoms with van der Waals surface area (Å²) in [6.07, 6.45) is 7.06. The Hall–Kier alpha value is -0.920. The maximum absolute atomic E-state index is 12.4. The molecular formula is C12H22N4O2S. The molecule has 2 heterocycles. The fourth-order valence-corrected chi connectivity index (χ4v) is 3.74. The van der Waals surface area contributed by atoms with Crippen LogP contribution in [0.25, 0.3) is 0 Å². The van der Waals surface area contributed by atoms with Gasteiger partial charge in [-0.25, -0.2) is 8.42 Å². The van der Waals surface area contributed by atoms with Crippen LogP contribution in [-0.4, -0.2) is 49.2 Å². The Labute approximate surface area is 114 Å². The summed E-state index contributed by atoms with van der Waals surface area (Å²) in [4.78, 5) is 0.318. The molecule has 0 bridgehead atoms. The molecule has 1 aromatic rings. The Balaban J connectivity index is 2.03. The number of aryl methyl sites for hydroxylation is 1. The van der Waals surface area contributed by atoms with Gasteiger partial charge in [0.2, 0.25) is 10.0 Å². The quantitative estimate of drug-likeness (QED) is 0.780. The number of aromatic nitrogens is 2. The van der Waals surface area contributed by atoms with Crippen LogP contribution in [0.2, 0.25) is 0 Å². The maximum atomic E-state index is 12.4. The molecule has 0 spiro atoms. The van der Waals surface area contributed by atoms with Crippen LogP contribution in [0, 0.1) is 0 Å². The van der Waals surface area contributed by atoms with Crippen molar-refractivity contribution in [2.75, 3.05) is 26.7 Å². The third kappa shape index (κ3) is 3.55. The molecule has 2 rings (SSSR count). The van der Waals surface area contributed by atoms with E-state index in [2.05, 4.69) is 10.4 Å².